The van der Waals surface area contributed by atoms with Crippen molar-refractivity contribution in [2.24, 2.45) is 11.8 Å². The zero-order valence-electron chi connectivity index (χ0n) is 33.4. The lowest BCUT2D eigenvalue weighted by molar-refractivity contribution is 0.135. The Kier molecular flexibility index (Phi) is 57.2. The fourth-order valence-electron chi connectivity index (χ4n) is 3.37. The van der Waals surface area contributed by atoms with Gasteiger partial charge in [0.05, 0.1) is 60.5 Å². The van der Waals surface area contributed by atoms with Crippen LogP contribution in [-0.2, 0) is 61.9 Å². The van der Waals surface area contributed by atoms with E-state index in [0.717, 1.165) is 54.5 Å². The molecule has 1 atom stereocenters. The van der Waals surface area contributed by atoms with Crippen LogP contribution < -0.4 is 0 Å². The summed E-state index contributed by atoms with van der Waals surface area (Å²) < 4.78 is 157. The standard InChI is InChI=1S/C9H20O6S2.C7H14F2O6S2.C6H14O.C6H14.C2H5F.CH3F.2CH4/c1-5-8(2)9(6-16(10,11)14-3)7-17(12,13)15-4;1-14-16(10,11)5-7(9,3-4-8)6-17(12,13)15-2;1-3-5-7-6-4-2;1-3-5-6-4-2;1-2-3;1-2;;/h8-9H,5-7H2,1-4H3;3-6H2,1-2H3;3-6H2,1-2H3;3-6H2,1-2H3;2H2,1H3;1H3;2*1H4. The summed E-state index contributed by atoms with van der Waals surface area (Å²) in [5, 5.41) is 0. The normalized spacial score (nSPS) is 11.8. The maximum absolute atomic E-state index is 14.0. The summed E-state index contributed by atoms with van der Waals surface area (Å²) in [6.45, 7) is 14.2. The average molecular weight is 887 g/mol. The molecule has 0 fully saturated rings. The summed E-state index contributed by atoms with van der Waals surface area (Å²) in [5.74, 6) is -3.71. The van der Waals surface area contributed by atoms with Crippen LogP contribution >= 0.6 is 0 Å². The lowest BCUT2D eigenvalue weighted by atomic mass is 9.95. The topological polar surface area (TPSA) is 183 Å². The predicted octanol–water partition coefficient (Wildman–Crippen LogP) is 7.85. The second-order valence-corrected chi connectivity index (χ2v) is 17.9. The van der Waals surface area contributed by atoms with Crippen LogP contribution in [0.5, 0.6) is 0 Å². The van der Waals surface area contributed by atoms with Gasteiger partial charge in [-0.1, -0.05) is 88.5 Å². The van der Waals surface area contributed by atoms with Crippen molar-refractivity contribution >= 4 is 40.5 Å². The van der Waals surface area contributed by atoms with Crippen LogP contribution in [0.15, 0.2) is 0 Å². The fraction of sp³-hybridized carbons (Fsp3) is 1.00. The zero-order chi connectivity index (χ0) is 42.5. The van der Waals surface area contributed by atoms with Crippen molar-refractivity contribution in [1.82, 2.24) is 0 Å². The molecule has 0 bridgehead atoms. The van der Waals surface area contributed by atoms with Gasteiger partial charge < -0.3 is 4.74 Å². The zero-order valence-corrected chi connectivity index (χ0v) is 36.7. The Labute approximate surface area is 329 Å². The molecule has 0 aliphatic rings. The van der Waals surface area contributed by atoms with Crippen molar-refractivity contribution in [2.75, 3.05) is 85.2 Å². The quantitative estimate of drug-likeness (QED) is 0.0550. The smallest absolute Gasteiger partial charge is 0.270 e. The van der Waals surface area contributed by atoms with E-state index < -0.39 is 76.7 Å². The first-order valence-corrected chi connectivity index (χ1v) is 23.2. The molecule has 0 aliphatic carbocycles. The molecule has 21 heteroatoms. The number of halogens is 4. The molecular weight excluding hydrogens is 809 g/mol. The summed E-state index contributed by atoms with van der Waals surface area (Å²) in [5.41, 5.74) is -2.78. The minimum absolute atomic E-state index is 0. The Balaban J connectivity index is -0.0000000886. The molecular formula is C33H78F4O13S4. The molecule has 0 saturated carbocycles. The molecule has 13 nitrogen and oxygen atoms in total. The molecule has 0 aromatic heterocycles. The van der Waals surface area contributed by atoms with Crippen LogP contribution in [0.4, 0.5) is 17.6 Å². The van der Waals surface area contributed by atoms with E-state index in [1.165, 1.54) is 32.6 Å². The number of unbranched alkanes of at least 4 members (excludes halogenated alkanes) is 3. The van der Waals surface area contributed by atoms with Crippen LogP contribution in [0.2, 0.25) is 0 Å². The average Bonchev–Trinajstić information content (AvgIpc) is 3.08. The number of hydrogen-bond donors (Lipinski definition) is 0. The van der Waals surface area contributed by atoms with E-state index in [9.17, 15) is 51.2 Å². The summed E-state index contributed by atoms with van der Waals surface area (Å²) in [4.78, 5) is 0. The van der Waals surface area contributed by atoms with Crippen molar-refractivity contribution in [1.29, 1.82) is 0 Å². The van der Waals surface area contributed by atoms with Gasteiger partial charge in [-0.15, -0.1) is 0 Å². The molecule has 0 amide bonds. The minimum Gasteiger partial charge on any atom is -0.381 e. The van der Waals surface area contributed by atoms with Gasteiger partial charge in [-0.3, -0.25) is 29.9 Å². The summed E-state index contributed by atoms with van der Waals surface area (Å²) in [6.07, 6.45) is 7.62. The molecule has 0 rings (SSSR count). The number of hydrogen-bond acceptors (Lipinski definition) is 13. The van der Waals surface area contributed by atoms with E-state index in [4.69, 9.17) is 4.74 Å². The van der Waals surface area contributed by atoms with E-state index in [1.807, 2.05) is 6.92 Å². The van der Waals surface area contributed by atoms with Crippen LogP contribution in [0.25, 0.3) is 0 Å². The Hall–Kier alpha value is -0.680. The van der Waals surface area contributed by atoms with Gasteiger partial charge in [0, 0.05) is 19.6 Å². The molecule has 0 aliphatic heterocycles. The highest BCUT2D eigenvalue weighted by Gasteiger charge is 2.40. The van der Waals surface area contributed by atoms with Gasteiger partial charge >= 0.3 is 0 Å². The first-order chi connectivity index (χ1) is 24.0. The Morgan fingerprint density at radius 1 is 0.574 bits per heavy atom. The maximum atomic E-state index is 14.0. The first kappa shape index (κ1) is 71.1. The lowest BCUT2D eigenvalue weighted by Crippen LogP contribution is -2.40. The van der Waals surface area contributed by atoms with Crippen molar-refractivity contribution < 1.29 is 72.7 Å². The highest BCUT2D eigenvalue weighted by atomic mass is 32.2. The second kappa shape index (κ2) is 43.4. The van der Waals surface area contributed by atoms with Gasteiger partial charge in [-0.25, -0.2) is 4.39 Å². The molecule has 54 heavy (non-hydrogen) atoms. The Morgan fingerprint density at radius 2 is 0.870 bits per heavy atom. The molecule has 0 heterocycles. The summed E-state index contributed by atoms with van der Waals surface area (Å²) in [7, 11) is -11.6. The molecule has 1 unspecified atom stereocenters. The predicted molar refractivity (Wildman–Crippen MR) is 214 cm³/mol. The molecule has 0 spiro atoms. The van der Waals surface area contributed by atoms with E-state index in [2.05, 4.69) is 44.4 Å². The third kappa shape index (κ3) is 51.3. The van der Waals surface area contributed by atoms with Crippen LogP contribution in [-0.4, -0.2) is 125 Å². The van der Waals surface area contributed by atoms with Crippen LogP contribution in [0, 0.1) is 11.8 Å². The molecule has 340 valence electrons. The van der Waals surface area contributed by atoms with Gasteiger partial charge in [0.25, 0.3) is 40.5 Å². The highest BCUT2D eigenvalue weighted by molar-refractivity contribution is 7.88. The number of ether oxygens (including phenoxy) is 1. The molecule has 0 aromatic carbocycles. The molecule has 0 N–H and O–H groups in total. The molecule has 0 aromatic rings. The first-order valence-electron chi connectivity index (χ1n) is 16.9. The van der Waals surface area contributed by atoms with Gasteiger partial charge in [-0.05, 0) is 31.6 Å². The van der Waals surface area contributed by atoms with Crippen molar-refractivity contribution in [2.45, 2.75) is 120 Å². The molecule has 0 saturated heterocycles. The number of alkyl halides is 4. The van der Waals surface area contributed by atoms with E-state index in [1.54, 1.807) is 6.92 Å². The Bertz CT molecular complexity index is 1110. The largest absolute Gasteiger partial charge is 0.381 e. The highest BCUT2D eigenvalue weighted by Crippen LogP contribution is 2.23. The van der Waals surface area contributed by atoms with Crippen LogP contribution in [0.3, 0.4) is 0 Å². The third-order valence-corrected chi connectivity index (χ3v) is 11.8. The van der Waals surface area contributed by atoms with E-state index in [0.29, 0.717) is 13.6 Å². The van der Waals surface area contributed by atoms with Crippen LogP contribution in [0.1, 0.15) is 115 Å². The van der Waals surface area contributed by atoms with E-state index in [-0.39, 0.29) is 39.0 Å². The summed E-state index contributed by atoms with van der Waals surface area (Å²) in [6, 6.07) is 0. The number of rotatable bonds is 23. The van der Waals surface area contributed by atoms with Crippen molar-refractivity contribution in [3.05, 3.63) is 0 Å². The monoisotopic (exact) mass is 886 g/mol. The third-order valence-electron chi connectivity index (χ3n) is 6.37. The maximum Gasteiger partial charge on any atom is 0.270 e. The second-order valence-electron chi connectivity index (χ2n) is 10.8. The van der Waals surface area contributed by atoms with Gasteiger partial charge in [-0.2, -0.15) is 33.7 Å². The van der Waals surface area contributed by atoms with Gasteiger partial charge in [0.1, 0.15) is 17.2 Å². The minimum atomic E-state index is -4.24. The van der Waals surface area contributed by atoms with Gasteiger partial charge in [0.2, 0.25) is 0 Å². The fourth-order valence-corrected chi connectivity index (χ4v) is 7.86. The van der Waals surface area contributed by atoms with Crippen molar-refractivity contribution in [3.63, 3.8) is 0 Å². The SMILES string of the molecule is C.C.CCC(C)C(CS(=O)(=O)OC)CS(=O)(=O)OC.CCCCCC.CCCOCCC.CCF.CF.COS(=O)(=O)CC(F)(CCF)CS(=O)(=O)OC. The lowest BCUT2D eigenvalue weighted by Gasteiger charge is -2.22. The summed E-state index contributed by atoms with van der Waals surface area (Å²) >= 11 is 0. The van der Waals surface area contributed by atoms with Crippen molar-refractivity contribution in [3.8, 4) is 0 Å². The Morgan fingerprint density at radius 3 is 1.07 bits per heavy atom. The van der Waals surface area contributed by atoms with E-state index >= 15 is 0 Å². The molecule has 0 radical (unpaired) electrons. The van der Waals surface area contributed by atoms with Gasteiger partial charge in [0.15, 0.2) is 0 Å².